The summed E-state index contributed by atoms with van der Waals surface area (Å²) in [5.74, 6) is -1.13. The second kappa shape index (κ2) is 9.54. The van der Waals surface area contributed by atoms with Crippen LogP contribution in [0, 0.1) is 5.92 Å². The van der Waals surface area contributed by atoms with Crippen molar-refractivity contribution in [3.05, 3.63) is 0 Å². The van der Waals surface area contributed by atoms with E-state index in [2.05, 4.69) is 4.90 Å². The summed E-state index contributed by atoms with van der Waals surface area (Å²) >= 11 is 0. The van der Waals surface area contributed by atoms with E-state index in [1.54, 1.807) is 11.8 Å². The smallest absolute Gasteiger partial charge is 0.410 e. The highest BCUT2D eigenvalue weighted by Crippen LogP contribution is 2.32. The van der Waals surface area contributed by atoms with Gasteiger partial charge in [-0.05, 0) is 74.3 Å². The molecule has 172 valence electrons. The van der Waals surface area contributed by atoms with Crippen molar-refractivity contribution in [3.63, 3.8) is 0 Å². The molecule has 2 saturated heterocycles. The fraction of sp³-hybridized carbons (Fsp3) is 0.864. The van der Waals surface area contributed by atoms with E-state index in [-0.39, 0.29) is 37.2 Å². The number of ether oxygens (including phenoxy) is 3. The summed E-state index contributed by atoms with van der Waals surface area (Å²) in [6.07, 6.45) is 1.71. The molecule has 2 aliphatic heterocycles. The molecule has 8 heteroatoms. The molecule has 0 radical (unpaired) electrons. The van der Waals surface area contributed by atoms with Gasteiger partial charge >= 0.3 is 18.0 Å². The van der Waals surface area contributed by atoms with Crippen LogP contribution >= 0.6 is 0 Å². The summed E-state index contributed by atoms with van der Waals surface area (Å²) in [7, 11) is 0. The van der Waals surface area contributed by atoms with Gasteiger partial charge in [0.15, 0.2) is 0 Å². The number of likely N-dealkylation sites (tertiary alicyclic amines) is 2. The molecule has 2 fully saturated rings. The molecule has 8 nitrogen and oxygen atoms in total. The minimum absolute atomic E-state index is 0.178. The first-order valence-electron chi connectivity index (χ1n) is 11.0. The average Bonchev–Trinajstić information content (AvgIpc) is 3.08. The fourth-order valence-electron chi connectivity index (χ4n) is 4.12. The van der Waals surface area contributed by atoms with Gasteiger partial charge in [-0.15, -0.1) is 0 Å². The van der Waals surface area contributed by atoms with Crippen LogP contribution in [0.2, 0.25) is 0 Å². The predicted molar refractivity (Wildman–Crippen MR) is 112 cm³/mol. The standard InChI is InChI=1S/C22H38N2O6/c1-8-28-18(25)15-14-23(20(27)30-22(5,6)7)13-11-16(15)24-12-9-10-17(24)19(26)29-21(2,3)4/h15-17H,8-14H2,1-7H3/t15?,16?,17-/m0/s1. The highest BCUT2D eigenvalue weighted by molar-refractivity contribution is 5.78. The number of carbonyl (C=O) groups excluding carboxylic acids is 3. The summed E-state index contributed by atoms with van der Waals surface area (Å²) in [5.41, 5.74) is -1.17. The van der Waals surface area contributed by atoms with Gasteiger partial charge in [-0.1, -0.05) is 0 Å². The van der Waals surface area contributed by atoms with Gasteiger partial charge in [0.25, 0.3) is 0 Å². The van der Waals surface area contributed by atoms with Crippen molar-refractivity contribution in [1.82, 2.24) is 9.80 Å². The summed E-state index contributed by atoms with van der Waals surface area (Å²) in [5, 5.41) is 0. The zero-order chi connectivity index (χ0) is 22.7. The van der Waals surface area contributed by atoms with Crippen molar-refractivity contribution in [2.45, 2.75) is 91.0 Å². The van der Waals surface area contributed by atoms with Gasteiger partial charge in [-0.25, -0.2) is 4.79 Å². The monoisotopic (exact) mass is 426 g/mol. The highest BCUT2D eigenvalue weighted by atomic mass is 16.6. The molecule has 2 heterocycles. The van der Waals surface area contributed by atoms with Crippen molar-refractivity contribution >= 4 is 18.0 Å². The molecule has 0 spiro atoms. The molecular weight excluding hydrogens is 388 g/mol. The third kappa shape index (κ3) is 6.59. The molecule has 0 aromatic carbocycles. The molecule has 2 rings (SSSR count). The molecule has 30 heavy (non-hydrogen) atoms. The van der Waals surface area contributed by atoms with Crippen LogP contribution in [-0.4, -0.2) is 77.4 Å². The Morgan fingerprint density at radius 2 is 1.53 bits per heavy atom. The van der Waals surface area contributed by atoms with Gasteiger partial charge in [0.2, 0.25) is 0 Å². The lowest BCUT2D eigenvalue weighted by Crippen LogP contribution is -2.58. The van der Waals surface area contributed by atoms with Crippen LogP contribution in [-0.2, 0) is 23.8 Å². The fourth-order valence-corrected chi connectivity index (χ4v) is 4.12. The Kier molecular flexibility index (Phi) is 7.77. The van der Waals surface area contributed by atoms with Crippen molar-refractivity contribution < 1.29 is 28.6 Å². The Labute approximate surface area is 180 Å². The molecule has 0 bridgehead atoms. The number of hydrogen-bond acceptors (Lipinski definition) is 7. The summed E-state index contributed by atoms with van der Waals surface area (Å²) in [6.45, 7) is 14.4. The second-order valence-electron chi connectivity index (χ2n) is 10.1. The molecule has 0 N–H and O–H groups in total. The molecule has 2 unspecified atom stereocenters. The van der Waals surface area contributed by atoms with Crippen molar-refractivity contribution in [2.75, 3.05) is 26.2 Å². The number of rotatable bonds is 4. The molecule has 0 saturated carbocycles. The highest BCUT2D eigenvalue weighted by Gasteiger charge is 2.46. The van der Waals surface area contributed by atoms with Crippen LogP contribution in [0.15, 0.2) is 0 Å². The zero-order valence-electron chi connectivity index (χ0n) is 19.5. The quantitative estimate of drug-likeness (QED) is 0.505. The van der Waals surface area contributed by atoms with Gasteiger partial charge in [0, 0.05) is 19.1 Å². The molecule has 0 aliphatic carbocycles. The SMILES string of the molecule is CCOC(=O)C1CN(C(=O)OC(C)(C)C)CCC1N1CCC[C@H]1C(=O)OC(C)(C)C. The lowest BCUT2D eigenvalue weighted by molar-refractivity contribution is -0.165. The average molecular weight is 427 g/mol. The predicted octanol–water partition coefficient (Wildman–Crippen LogP) is 2.98. The summed E-state index contributed by atoms with van der Waals surface area (Å²) in [6, 6.07) is -0.554. The van der Waals surface area contributed by atoms with E-state index in [1.165, 1.54) is 0 Å². The minimum atomic E-state index is -0.607. The summed E-state index contributed by atoms with van der Waals surface area (Å²) in [4.78, 5) is 41.8. The minimum Gasteiger partial charge on any atom is -0.466 e. The number of piperidine rings is 1. The van der Waals surface area contributed by atoms with Crippen LogP contribution in [0.4, 0.5) is 4.79 Å². The maximum atomic E-state index is 12.8. The second-order valence-corrected chi connectivity index (χ2v) is 10.1. The first-order chi connectivity index (χ1) is 13.8. The largest absolute Gasteiger partial charge is 0.466 e. The van der Waals surface area contributed by atoms with Crippen LogP contribution in [0.3, 0.4) is 0 Å². The number of esters is 2. The Morgan fingerprint density at radius 3 is 2.10 bits per heavy atom. The first-order valence-corrected chi connectivity index (χ1v) is 11.0. The zero-order valence-corrected chi connectivity index (χ0v) is 19.5. The lowest BCUT2D eigenvalue weighted by atomic mass is 9.90. The van der Waals surface area contributed by atoms with Gasteiger partial charge in [0.05, 0.1) is 12.5 Å². The number of amides is 1. The van der Waals surface area contributed by atoms with Crippen molar-refractivity contribution in [1.29, 1.82) is 0 Å². The Bertz CT molecular complexity index is 637. The Morgan fingerprint density at radius 1 is 0.900 bits per heavy atom. The van der Waals surface area contributed by atoms with E-state index in [4.69, 9.17) is 14.2 Å². The van der Waals surface area contributed by atoms with Crippen molar-refractivity contribution in [2.24, 2.45) is 5.92 Å². The summed E-state index contributed by atoms with van der Waals surface area (Å²) < 4.78 is 16.4. The van der Waals surface area contributed by atoms with Crippen LogP contribution in [0.1, 0.15) is 67.7 Å². The molecule has 2 aliphatic rings. The molecule has 0 aromatic heterocycles. The third-order valence-electron chi connectivity index (χ3n) is 5.22. The van der Waals surface area contributed by atoms with Gasteiger partial charge in [-0.2, -0.15) is 0 Å². The number of nitrogens with zero attached hydrogens (tertiary/aromatic N) is 2. The third-order valence-corrected chi connectivity index (χ3v) is 5.22. The number of carbonyl (C=O) groups is 3. The Balaban J connectivity index is 2.18. The van der Waals surface area contributed by atoms with E-state index in [0.717, 1.165) is 13.0 Å². The molecule has 0 aromatic rings. The van der Waals surface area contributed by atoms with E-state index < -0.39 is 23.2 Å². The topological polar surface area (TPSA) is 85.4 Å². The van der Waals surface area contributed by atoms with E-state index in [0.29, 0.717) is 19.4 Å². The maximum absolute atomic E-state index is 12.8. The molecule has 3 atom stereocenters. The van der Waals surface area contributed by atoms with E-state index >= 15 is 0 Å². The van der Waals surface area contributed by atoms with Crippen LogP contribution < -0.4 is 0 Å². The van der Waals surface area contributed by atoms with Crippen LogP contribution in [0.25, 0.3) is 0 Å². The van der Waals surface area contributed by atoms with Gasteiger partial charge in [0.1, 0.15) is 17.2 Å². The first kappa shape index (κ1) is 24.4. The van der Waals surface area contributed by atoms with E-state index in [9.17, 15) is 14.4 Å². The molecule has 1 amide bonds. The Hall–Kier alpha value is -1.83. The van der Waals surface area contributed by atoms with Gasteiger partial charge < -0.3 is 19.1 Å². The number of hydrogen-bond donors (Lipinski definition) is 0. The molecular formula is C22H38N2O6. The lowest BCUT2D eigenvalue weighted by Gasteiger charge is -2.43. The van der Waals surface area contributed by atoms with Crippen LogP contribution in [0.5, 0.6) is 0 Å². The van der Waals surface area contributed by atoms with Gasteiger partial charge in [-0.3, -0.25) is 14.5 Å². The normalized spacial score (nSPS) is 25.7. The van der Waals surface area contributed by atoms with Crippen molar-refractivity contribution in [3.8, 4) is 0 Å². The maximum Gasteiger partial charge on any atom is 0.410 e. The van der Waals surface area contributed by atoms with E-state index in [1.807, 2.05) is 41.5 Å².